The topological polar surface area (TPSA) is 61.3 Å². The molecule has 3 aromatic rings. The molecule has 0 aliphatic rings. The smallest absolute Gasteiger partial charge is 0.130 e. The van der Waals surface area contributed by atoms with Crippen LogP contribution >= 0.6 is 0 Å². The maximum absolute atomic E-state index is 5.97. The van der Waals surface area contributed by atoms with Crippen LogP contribution in [0.4, 0.5) is 11.4 Å². The standard InChI is InChI=1S/C18H16N2O/c19-15-6-8-17(9-7-15)21-18-11-14(10-16(20)12-18)13-4-2-1-3-5-13/h1-12H,19-20H2. The van der Waals surface area contributed by atoms with E-state index in [0.717, 1.165) is 16.9 Å². The summed E-state index contributed by atoms with van der Waals surface area (Å²) in [6.07, 6.45) is 0. The average molecular weight is 276 g/mol. The molecule has 0 aromatic heterocycles. The van der Waals surface area contributed by atoms with Crippen LogP contribution in [0.3, 0.4) is 0 Å². The molecule has 0 radical (unpaired) electrons. The molecule has 0 saturated heterocycles. The highest BCUT2D eigenvalue weighted by molar-refractivity contribution is 5.69. The molecule has 3 rings (SSSR count). The van der Waals surface area contributed by atoms with Crippen LogP contribution in [0.15, 0.2) is 72.8 Å². The summed E-state index contributed by atoms with van der Waals surface area (Å²) in [5, 5.41) is 0. The van der Waals surface area contributed by atoms with Crippen LogP contribution in [0.2, 0.25) is 0 Å². The van der Waals surface area contributed by atoms with E-state index < -0.39 is 0 Å². The van der Waals surface area contributed by atoms with Gasteiger partial charge in [0.15, 0.2) is 0 Å². The number of ether oxygens (including phenoxy) is 1. The molecule has 0 aliphatic heterocycles. The van der Waals surface area contributed by atoms with E-state index in [0.29, 0.717) is 17.1 Å². The molecular weight excluding hydrogens is 260 g/mol. The molecular formula is C18H16N2O. The fraction of sp³-hybridized carbons (Fsp3) is 0. The van der Waals surface area contributed by atoms with Crippen molar-refractivity contribution < 1.29 is 4.74 Å². The zero-order valence-corrected chi connectivity index (χ0v) is 11.5. The third kappa shape index (κ3) is 3.15. The Hall–Kier alpha value is -2.94. The highest BCUT2D eigenvalue weighted by Crippen LogP contribution is 2.30. The summed E-state index contributed by atoms with van der Waals surface area (Å²) in [7, 11) is 0. The van der Waals surface area contributed by atoms with Crippen LogP contribution in [0.5, 0.6) is 11.5 Å². The summed E-state index contributed by atoms with van der Waals surface area (Å²) in [6.45, 7) is 0. The normalized spacial score (nSPS) is 10.3. The Morgan fingerprint density at radius 1 is 0.571 bits per heavy atom. The van der Waals surface area contributed by atoms with Crippen molar-refractivity contribution in [3.05, 3.63) is 72.8 Å². The van der Waals surface area contributed by atoms with E-state index in [1.165, 1.54) is 0 Å². The summed E-state index contributed by atoms with van der Waals surface area (Å²) in [5.74, 6) is 1.44. The van der Waals surface area contributed by atoms with Gasteiger partial charge in [-0.1, -0.05) is 30.3 Å². The molecule has 0 bridgehead atoms. The highest BCUT2D eigenvalue weighted by Gasteiger charge is 2.04. The van der Waals surface area contributed by atoms with Crippen LogP contribution in [-0.2, 0) is 0 Å². The lowest BCUT2D eigenvalue weighted by atomic mass is 10.0. The van der Waals surface area contributed by atoms with Crippen LogP contribution in [0.1, 0.15) is 0 Å². The van der Waals surface area contributed by atoms with Gasteiger partial charge in [-0.15, -0.1) is 0 Å². The second-order valence-corrected chi connectivity index (χ2v) is 4.83. The zero-order valence-electron chi connectivity index (χ0n) is 11.5. The van der Waals surface area contributed by atoms with Crippen molar-refractivity contribution in [3.63, 3.8) is 0 Å². The molecule has 4 N–H and O–H groups in total. The molecule has 0 unspecified atom stereocenters. The van der Waals surface area contributed by atoms with Crippen molar-refractivity contribution in [2.75, 3.05) is 11.5 Å². The first-order valence-electron chi connectivity index (χ1n) is 6.70. The van der Waals surface area contributed by atoms with Gasteiger partial charge in [-0.05, 0) is 47.5 Å². The summed E-state index contributed by atoms with van der Waals surface area (Å²) in [5.41, 5.74) is 15.2. The number of nitrogens with two attached hydrogens (primary N) is 2. The Morgan fingerprint density at radius 2 is 1.29 bits per heavy atom. The van der Waals surface area contributed by atoms with Crippen molar-refractivity contribution in [3.8, 4) is 22.6 Å². The first-order valence-corrected chi connectivity index (χ1v) is 6.70. The maximum atomic E-state index is 5.97. The Labute approximate surface area is 123 Å². The van der Waals surface area contributed by atoms with Gasteiger partial charge in [0.25, 0.3) is 0 Å². The minimum atomic E-state index is 0.668. The molecule has 0 amide bonds. The summed E-state index contributed by atoms with van der Waals surface area (Å²) in [6, 6.07) is 23.1. The van der Waals surface area contributed by atoms with Gasteiger partial charge in [-0.2, -0.15) is 0 Å². The average Bonchev–Trinajstić information content (AvgIpc) is 2.50. The van der Waals surface area contributed by atoms with Gasteiger partial charge in [0.1, 0.15) is 11.5 Å². The van der Waals surface area contributed by atoms with Gasteiger partial charge in [0, 0.05) is 17.4 Å². The highest BCUT2D eigenvalue weighted by atomic mass is 16.5. The van der Waals surface area contributed by atoms with Crippen molar-refractivity contribution in [2.24, 2.45) is 0 Å². The molecule has 0 aliphatic carbocycles. The third-order valence-corrected chi connectivity index (χ3v) is 3.15. The number of rotatable bonds is 3. The summed E-state index contributed by atoms with van der Waals surface area (Å²) < 4.78 is 5.84. The van der Waals surface area contributed by atoms with E-state index in [1.807, 2.05) is 60.7 Å². The number of benzene rings is 3. The van der Waals surface area contributed by atoms with Crippen molar-refractivity contribution in [2.45, 2.75) is 0 Å². The minimum Gasteiger partial charge on any atom is -0.457 e. The van der Waals surface area contributed by atoms with E-state index in [1.54, 1.807) is 12.1 Å². The van der Waals surface area contributed by atoms with Crippen LogP contribution in [0.25, 0.3) is 11.1 Å². The Morgan fingerprint density at radius 3 is 2.00 bits per heavy atom. The molecule has 0 atom stereocenters. The largest absolute Gasteiger partial charge is 0.457 e. The third-order valence-electron chi connectivity index (χ3n) is 3.15. The molecule has 0 saturated carbocycles. The predicted molar refractivity (Wildman–Crippen MR) is 87.2 cm³/mol. The summed E-state index contributed by atoms with van der Waals surface area (Å²) in [4.78, 5) is 0. The summed E-state index contributed by atoms with van der Waals surface area (Å²) >= 11 is 0. The van der Waals surface area contributed by atoms with Gasteiger partial charge in [0.2, 0.25) is 0 Å². The second kappa shape index (κ2) is 5.59. The number of hydrogen-bond donors (Lipinski definition) is 2. The van der Waals surface area contributed by atoms with Gasteiger partial charge in [-0.3, -0.25) is 0 Å². The van der Waals surface area contributed by atoms with E-state index in [-0.39, 0.29) is 0 Å². The number of hydrogen-bond acceptors (Lipinski definition) is 3. The minimum absolute atomic E-state index is 0.668. The van der Waals surface area contributed by atoms with Crippen LogP contribution in [-0.4, -0.2) is 0 Å². The lowest BCUT2D eigenvalue weighted by Gasteiger charge is -2.10. The lowest BCUT2D eigenvalue weighted by Crippen LogP contribution is -1.91. The molecule has 0 spiro atoms. The second-order valence-electron chi connectivity index (χ2n) is 4.83. The van der Waals surface area contributed by atoms with Gasteiger partial charge < -0.3 is 16.2 Å². The Balaban J connectivity index is 1.93. The monoisotopic (exact) mass is 276 g/mol. The molecule has 21 heavy (non-hydrogen) atoms. The number of nitrogen functional groups attached to an aromatic ring is 2. The van der Waals surface area contributed by atoms with E-state index >= 15 is 0 Å². The maximum Gasteiger partial charge on any atom is 0.130 e. The predicted octanol–water partition coefficient (Wildman–Crippen LogP) is 4.31. The van der Waals surface area contributed by atoms with Crippen LogP contribution < -0.4 is 16.2 Å². The first-order chi connectivity index (χ1) is 10.2. The fourth-order valence-electron chi connectivity index (χ4n) is 2.15. The van der Waals surface area contributed by atoms with Crippen molar-refractivity contribution >= 4 is 11.4 Å². The van der Waals surface area contributed by atoms with E-state index in [4.69, 9.17) is 16.2 Å². The fourth-order valence-corrected chi connectivity index (χ4v) is 2.15. The molecule has 0 fully saturated rings. The molecule has 3 nitrogen and oxygen atoms in total. The van der Waals surface area contributed by atoms with E-state index in [9.17, 15) is 0 Å². The zero-order chi connectivity index (χ0) is 14.7. The molecule has 3 heteroatoms. The first kappa shape index (κ1) is 13.1. The van der Waals surface area contributed by atoms with E-state index in [2.05, 4.69) is 0 Å². The number of anilines is 2. The Kier molecular flexibility index (Phi) is 3.48. The van der Waals surface area contributed by atoms with Gasteiger partial charge >= 0.3 is 0 Å². The van der Waals surface area contributed by atoms with Crippen molar-refractivity contribution in [1.29, 1.82) is 0 Å². The van der Waals surface area contributed by atoms with Gasteiger partial charge in [0.05, 0.1) is 0 Å². The van der Waals surface area contributed by atoms with Crippen molar-refractivity contribution in [1.82, 2.24) is 0 Å². The lowest BCUT2D eigenvalue weighted by molar-refractivity contribution is 0.483. The molecule has 3 aromatic carbocycles. The SMILES string of the molecule is Nc1ccc(Oc2cc(N)cc(-c3ccccc3)c2)cc1. The molecule has 0 heterocycles. The Bertz CT molecular complexity index is 737. The molecule has 104 valence electrons. The quantitative estimate of drug-likeness (QED) is 0.701. The van der Waals surface area contributed by atoms with Crippen LogP contribution in [0, 0.1) is 0 Å². The van der Waals surface area contributed by atoms with Gasteiger partial charge in [-0.25, -0.2) is 0 Å².